The molecule has 160 valence electrons. The first-order valence-electron chi connectivity index (χ1n) is 7.59. The Morgan fingerprint density at radius 3 is 1.14 bits per heavy atom. The molecule has 2 rings (SSSR count). The molecule has 0 N–H and O–H groups in total. The molecule has 29 heavy (non-hydrogen) atoms. The minimum Gasteiger partial charge on any atom is -0.876 e. The summed E-state index contributed by atoms with van der Waals surface area (Å²) < 4.78 is 1.86. The van der Waals surface area contributed by atoms with Crippen LogP contribution in [0.1, 0.15) is 27.7 Å². The van der Waals surface area contributed by atoms with Gasteiger partial charge in [-0.15, -0.1) is 11.5 Å². The average molecular weight is 669 g/mol. The molecule has 0 saturated heterocycles. The van der Waals surface area contributed by atoms with E-state index in [-0.39, 0.29) is 39.6 Å². The van der Waals surface area contributed by atoms with Gasteiger partial charge in [-0.25, -0.2) is 9.97 Å². The number of carbonyl (C=O) groups is 2. The summed E-state index contributed by atoms with van der Waals surface area (Å²) in [5, 5.41) is 20.0. The summed E-state index contributed by atoms with van der Waals surface area (Å²) in [5.41, 5.74) is 0. The van der Waals surface area contributed by atoms with Crippen molar-refractivity contribution in [3.05, 3.63) is 68.3 Å². The molecule has 0 radical (unpaired) electrons. The van der Waals surface area contributed by atoms with E-state index in [9.17, 15) is 19.8 Å². The monoisotopic (exact) mass is 668 g/mol. The van der Waals surface area contributed by atoms with Crippen molar-refractivity contribution >= 4 is 56.7 Å². The zero-order valence-electron chi connectivity index (χ0n) is 16.1. The van der Waals surface area contributed by atoms with E-state index in [0.717, 1.165) is 19.6 Å². The first-order valence-corrected chi connectivity index (χ1v) is 9.75. The van der Waals surface area contributed by atoms with E-state index in [1.807, 2.05) is 0 Å². The molecule has 0 aliphatic heterocycles. The molecule has 11 heteroatoms. The number of ketones is 2. The Bertz CT molecular complexity index is 687. The van der Waals surface area contributed by atoms with Crippen LogP contribution < -0.4 is 10.2 Å². The van der Waals surface area contributed by atoms with Gasteiger partial charge in [0.1, 0.15) is 7.40 Å². The minimum atomic E-state index is -0.187. The van der Waals surface area contributed by atoms with E-state index in [4.69, 9.17) is 0 Å². The fourth-order valence-corrected chi connectivity index (χ4v) is 1.78. The predicted octanol–water partition coefficient (Wildman–Crippen LogP) is 1.84. The molecule has 0 bridgehead atoms. The van der Waals surface area contributed by atoms with Gasteiger partial charge in [0.05, 0.1) is 12.4 Å². The van der Waals surface area contributed by atoms with Gasteiger partial charge in [-0.3, -0.25) is 19.6 Å². The van der Waals surface area contributed by atoms with Gasteiger partial charge < -0.3 is 10.2 Å². The fraction of sp³-hybridized carbons (Fsp3) is 0.222. The summed E-state index contributed by atoms with van der Waals surface area (Å²) in [6, 6.07) is 0. The van der Waals surface area contributed by atoms with Crippen molar-refractivity contribution in [2.75, 3.05) is 0 Å². The molecule has 2 aromatic heterocycles. The summed E-state index contributed by atoms with van der Waals surface area (Å²) in [6.45, 7) is 5.39. The van der Waals surface area contributed by atoms with E-state index in [1.54, 1.807) is 37.2 Å². The Morgan fingerprint density at radius 2 is 1.07 bits per heavy atom. The largest absolute Gasteiger partial charge is 2.00 e. The molecular weight excluding hydrogens is 649 g/mol. The van der Waals surface area contributed by atoms with Crippen LogP contribution in [-0.4, -0.2) is 31.5 Å². The van der Waals surface area contributed by atoms with Gasteiger partial charge in [-0.05, 0) is 71.2 Å². The molecule has 0 saturated carbocycles. The van der Waals surface area contributed by atoms with E-state index < -0.39 is 0 Å². The summed E-state index contributed by atoms with van der Waals surface area (Å²) >= 11 is 4.21. The fourth-order valence-electron chi connectivity index (χ4n) is 1.13. The molecule has 0 fully saturated rings. The minimum absolute atomic E-state index is 0. The van der Waals surface area contributed by atoms with Crippen LogP contribution in [0.15, 0.2) is 60.9 Å². The maximum absolute atomic E-state index is 9.98. The number of hydrogen-bond acceptors (Lipinski definition) is 8. The Morgan fingerprint density at radius 1 is 0.759 bits per heavy atom. The van der Waals surface area contributed by atoms with Crippen molar-refractivity contribution in [2.24, 2.45) is 0 Å². The van der Waals surface area contributed by atoms with Crippen molar-refractivity contribution in [3.8, 4) is 0 Å². The van der Waals surface area contributed by atoms with Gasteiger partial charge in [0, 0.05) is 24.8 Å². The van der Waals surface area contributed by atoms with Crippen LogP contribution in [0.3, 0.4) is 0 Å². The number of allylic oxidation sites excluding steroid dienone is 4. The molecule has 0 spiro atoms. The molecule has 0 aliphatic carbocycles. The Balaban J connectivity index is -0.000000307. The van der Waals surface area contributed by atoms with Crippen LogP contribution in [0.5, 0.6) is 0 Å². The third-order valence-corrected chi connectivity index (χ3v) is 2.99. The maximum atomic E-state index is 9.98. The van der Waals surface area contributed by atoms with Crippen molar-refractivity contribution in [3.63, 3.8) is 0 Å². The van der Waals surface area contributed by atoms with Crippen molar-refractivity contribution in [2.45, 2.75) is 27.7 Å². The number of rotatable bonds is 2. The Hall–Kier alpha value is -1.47. The van der Waals surface area contributed by atoms with Crippen molar-refractivity contribution < 1.29 is 36.3 Å². The quantitative estimate of drug-likeness (QED) is 0.205. The molecule has 2 heterocycles. The van der Waals surface area contributed by atoms with E-state index in [2.05, 4.69) is 65.1 Å². The number of halogens is 2. The number of aromatic nitrogens is 4. The Kier molecular flexibility index (Phi) is 23.6. The van der Waals surface area contributed by atoms with E-state index in [1.165, 1.54) is 27.7 Å². The summed E-state index contributed by atoms with van der Waals surface area (Å²) in [5.74, 6) is -0.750. The molecule has 0 amide bonds. The summed E-state index contributed by atoms with van der Waals surface area (Å²) in [7, 11) is 0. The molecule has 2 aromatic rings. The number of carbonyl (C=O) groups excluding carboxylic acids is 2. The normalized spacial score (nSPS) is 9.72. The molecule has 0 unspecified atom stereocenters. The zero-order valence-corrected chi connectivity index (χ0v) is 21.4. The predicted molar refractivity (Wildman–Crippen MR) is 118 cm³/mol. The van der Waals surface area contributed by atoms with Crippen LogP contribution in [0.4, 0.5) is 0 Å². The van der Waals surface area contributed by atoms with E-state index >= 15 is 0 Å². The second-order valence-corrected chi connectivity index (χ2v) is 7.00. The smallest absolute Gasteiger partial charge is 0.876 e. The SMILES string of the molecule is CC(=O)/C=C(/C)[O-].CC(=O)/C=C(/C)[O-].Ic1cnccn1.Ic1cnccn1.[Ni+2]. The average Bonchev–Trinajstić information content (AvgIpc) is 2.55. The van der Waals surface area contributed by atoms with Gasteiger partial charge in [0.25, 0.3) is 0 Å². The van der Waals surface area contributed by atoms with Crippen molar-refractivity contribution in [1.82, 2.24) is 19.9 Å². The molecule has 0 aliphatic rings. The van der Waals surface area contributed by atoms with Gasteiger partial charge >= 0.3 is 16.5 Å². The number of nitrogens with zero attached hydrogens (tertiary/aromatic N) is 4. The molecule has 0 aromatic carbocycles. The maximum Gasteiger partial charge on any atom is 2.00 e. The van der Waals surface area contributed by atoms with Crippen LogP contribution in [0.2, 0.25) is 0 Å². The van der Waals surface area contributed by atoms with E-state index in [0.29, 0.717) is 0 Å². The molecular formula is C18H20I2N4NiO4. The molecule has 0 atom stereocenters. The van der Waals surface area contributed by atoms with Crippen molar-refractivity contribution in [1.29, 1.82) is 0 Å². The second kappa shape index (κ2) is 21.2. The van der Waals surface area contributed by atoms with Gasteiger partial charge in [0.2, 0.25) is 0 Å². The van der Waals surface area contributed by atoms with Crippen LogP contribution >= 0.6 is 45.2 Å². The van der Waals surface area contributed by atoms with Crippen LogP contribution in [0.25, 0.3) is 0 Å². The van der Waals surface area contributed by atoms with Crippen LogP contribution in [-0.2, 0) is 26.1 Å². The number of hydrogen-bond donors (Lipinski definition) is 0. The third kappa shape index (κ3) is 31.5. The first-order chi connectivity index (χ1) is 13.0. The summed E-state index contributed by atoms with van der Waals surface area (Å²) in [6.07, 6.45) is 12.2. The molecule has 8 nitrogen and oxygen atoms in total. The zero-order chi connectivity index (χ0) is 21.9. The summed E-state index contributed by atoms with van der Waals surface area (Å²) in [4.78, 5) is 35.4. The second-order valence-electron chi connectivity index (χ2n) is 4.79. The first kappa shape index (κ1) is 32.2. The van der Waals surface area contributed by atoms with Gasteiger partial charge in [-0.2, -0.15) is 0 Å². The standard InChI is InChI=1S/2C5H8O2.2C4H3IN2.Ni/c2*1-4(6)3-5(2)7;2*5-4-3-6-1-2-7-4;/h2*3,6H,1-2H3;2*1-3H;/q;;;;+2/p-2/b2*4-3-;;;. The third-order valence-electron chi connectivity index (χ3n) is 1.88. The van der Waals surface area contributed by atoms with Crippen LogP contribution in [0, 0.1) is 7.40 Å². The topological polar surface area (TPSA) is 132 Å². The Labute approximate surface area is 207 Å². The van der Waals surface area contributed by atoms with Gasteiger partial charge in [-0.1, -0.05) is 13.8 Å². The van der Waals surface area contributed by atoms with Gasteiger partial charge in [0.15, 0.2) is 11.6 Å².